The van der Waals surface area contributed by atoms with Crippen LogP contribution in [-0.2, 0) is 4.84 Å². The first-order chi connectivity index (χ1) is 4.86. The molecule has 0 amide bonds. The van der Waals surface area contributed by atoms with Crippen LogP contribution in [0.2, 0.25) is 0 Å². The molecule has 0 aromatic heterocycles. The van der Waals surface area contributed by atoms with E-state index in [1.165, 1.54) is 0 Å². The van der Waals surface area contributed by atoms with Gasteiger partial charge >= 0.3 is 5.79 Å². The van der Waals surface area contributed by atoms with E-state index in [0.29, 0.717) is 6.92 Å². The van der Waals surface area contributed by atoms with Gasteiger partial charge in [0.15, 0.2) is 6.61 Å². The quantitative estimate of drug-likeness (QED) is 0.338. The van der Waals surface area contributed by atoms with Crippen LogP contribution in [0.25, 0.3) is 0 Å². The van der Waals surface area contributed by atoms with Crippen molar-refractivity contribution in [2.75, 3.05) is 6.61 Å². The van der Waals surface area contributed by atoms with Crippen LogP contribution in [-0.4, -0.2) is 22.4 Å². The van der Waals surface area contributed by atoms with Gasteiger partial charge < -0.3 is 4.84 Å². The zero-order valence-corrected chi connectivity index (χ0v) is 5.52. The van der Waals surface area contributed by atoms with Gasteiger partial charge in [-0.05, 0) is 0 Å². The molecule has 11 heavy (non-hydrogen) atoms. The Morgan fingerprint density at radius 2 is 2.00 bits per heavy atom. The van der Waals surface area contributed by atoms with Crippen molar-refractivity contribution in [1.82, 2.24) is 0 Å². The Kier molecular flexibility index (Phi) is 2.67. The van der Waals surface area contributed by atoms with Crippen molar-refractivity contribution in [3.05, 3.63) is 20.2 Å². The highest BCUT2D eigenvalue weighted by atomic mass is 19.1. The summed E-state index contributed by atoms with van der Waals surface area (Å²) in [6.07, 6.45) is 0. The van der Waals surface area contributed by atoms with Crippen molar-refractivity contribution in [3.63, 3.8) is 0 Å². The maximum atomic E-state index is 12.4. The highest BCUT2D eigenvalue weighted by molar-refractivity contribution is 4.54. The molecule has 0 rings (SSSR count). The number of nitrogens with zero attached hydrogens (tertiary/aromatic N) is 2. The maximum Gasteiger partial charge on any atom is 0.379 e. The van der Waals surface area contributed by atoms with Crippen LogP contribution in [0.3, 0.4) is 0 Å². The molecule has 0 N–H and O–H groups in total. The largest absolute Gasteiger partial charge is 0.379 e. The van der Waals surface area contributed by atoms with Crippen LogP contribution in [0.4, 0.5) is 4.39 Å². The minimum Gasteiger partial charge on any atom is -0.303 e. The monoisotopic (exact) mass is 168 g/mol. The highest BCUT2D eigenvalue weighted by Crippen LogP contribution is 2.10. The molecule has 64 valence electrons. The van der Waals surface area contributed by atoms with Crippen LogP contribution >= 0.6 is 0 Å². The van der Waals surface area contributed by atoms with Crippen LogP contribution in [0.5, 0.6) is 0 Å². The zero-order chi connectivity index (χ0) is 9.07. The molecular formula is C3H5FN2O5. The fourth-order valence-electron chi connectivity index (χ4n) is 0.223. The van der Waals surface area contributed by atoms with E-state index in [0.717, 1.165) is 0 Å². The molecule has 0 aliphatic heterocycles. The van der Waals surface area contributed by atoms with E-state index in [2.05, 4.69) is 4.84 Å². The summed E-state index contributed by atoms with van der Waals surface area (Å²) in [7, 11) is 0. The summed E-state index contributed by atoms with van der Waals surface area (Å²) in [5.74, 6) is -2.91. The topological polar surface area (TPSA) is 95.5 Å². The third-order valence-corrected chi connectivity index (χ3v) is 0.814. The molecule has 1 atom stereocenters. The summed E-state index contributed by atoms with van der Waals surface area (Å²) in [6, 6.07) is 0. The van der Waals surface area contributed by atoms with Gasteiger partial charge in [0.2, 0.25) is 0 Å². The van der Waals surface area contributed by atoms with Gasteiger partial charge in [-0.1, -0.05) is 0 Å². The van der Waals surface area contributed by atoms with Gasteiger partial charge in [0.1, 0.15) is 0 Å². The SMILES string of the molecule is CC(F)(CO[N+](=O)[O-])[N+](=O)[O-]. The van der Waals surface area contributed by atoms with Gasteiger partial charge in [0, 0.05) is 6.92 Å². The number of rotatable bonds is 4. The molecule has 0 saturated heterocycles. The summed E-state index contributed by atoms with van der Waals surface area (Å²) >= 11 is 0. The van der Waals surface area contributed by atoms with Gasteiger partial charge in [-0.2, -0.15) is 4.39 Å². The van der Waals surface area contributed by atoms with Crippen molar-refractivity contribution < 1.29 is 19.2 Å². The lowest BCUT2D eigenvalue weighted by Gasteiger charge is -2.08. The average Bonchev–Trinajstić information content (AvgIpc) is 1.84. The van der Waals surface area contributed by atoms with Crippen LogP contribution in [0, 0.1) is 20.2 Å². The normalized spacial score (nSPS) is 15.1. The average molecular weight is 168 g/mol. The lowest BCUT2D eigenvalue weighted by Crippen LogP contribution is -2.35. The van der Waals surface area contributed by atoms with Gasteiger partial charge in [-0.25, -0.2) is 0 Å². The van der Waals surface area contributed by atoms with Crippen LogP contribution in [0.1, 0.15) is 6.92 Å². The van der Waals surface area contributed by atoms with E-state index in [4.69, 9.17) is 0 Å². The standard InChI is InChI=1S/C3H5FN2O5/c1-3(4,5(7)8)2-11-6(9)10/h2H2,1H3. The summed E-state index contributed by atoms with van der Waals surface area (Å²) in [5, 5.41) is 17.9. The molecule has 7 nitrogen and oxygen atoms in total. The molecule has 1 unspecified atom stereocenters. The lowest BCUT2D eigenvalue weighted by atomic mass is 10.3. The van der Waals surface area contributed by atoms with Crippen molar-refractivity contribution >= 4 is 0 Å². The Hall–Kier alpha value is -1.47. The Bertz CT molecular complexity index is 181. The van der Waals surface area contributed by atoms with Crippen LogP contribution in [0.15, 0.2) is 0 Å². The third kappa shape index (κ3) is 3.28. The Labute approximate surface area is 60.0 Å². The molecule has 0 radical (unpaired) electrons. The molecule has 0 aliphatic carbocycles. The first-order valence-corrected chi connectivity index (χ1v) is 2.47. The van der Waals surface area contributed by atoms with Crippen molar-refractivity contribution in [2.45, 2.75) is 12.7 Å². The molecular weight excluding hydrogens is 163 g/mol. The van der Waals surface area contributed by atoms with Crippen molar-refractivity contribution in [1.29, 1.82) is 0 Å². The third-order valence-electron chi connectivity index (χ3n) is 0.814. The van der Waals surface area contributed by atoms with Gasteiger partial charge in [-0.3, -0.25) is 10.1 Å². The van der Waals surface area contributed by atoms with E-state index in [9.17, 15) is 24.6 Å². The molecule has 0 heterocycles. The van der Waals surface area contributed by atoms with Crippen molar-refractivity contribution in [3.8, 4) is 0 Å². The molecule has 0 spiro atoms. The number of alkyl halides is 1. The molecule has 0 aromatic rings. The Morgan fingerprint density at radius 3 is 2.27 bits per heavy atom. The first kappa shape index (κ1) is 9.53. The fraction of sp³-hybridized carbons (Fsp3) is 1.00. The summed E-state index contributed by atoms with van der Waals surface area (Å²) in [6.45, 7) is -0.622. The second-order valence-corrected chi connectivity index (χ2v) is 1.90. The second kappa shape index (κ2) is 3.08. The number of hydrogen-bond donors (Lipinski definition) is 0. The Morgan fingerprint density at radius 1 is 1.55 bits per heavy atom. The van der Waals surface area contributed by atoms with E-state index < -0.39 is 22.4 Å². The van der Waals surface area contributed by atoms with E-state index in [1.54, 1.807) is 0 Å². The predicted octanol–water partition coefficient (Wildman–Crippen LogP) is 0.157. The van der Waals surface area contributed by atoms with E-state index in [-0.39, 0.29) is 0 Å². The molecule has 0 aliphatic rings. The van der Waals surface area contributed by atoms with Gasteiger partial charge in [-0.15, -0.1) is 10.1 Å². The molecule has 8 heteroatoms. The summed E-state index contributed by atoms with van der Waals surface area (Å²) in [4.78, 5) is 21.4. The summed E-state index contributed by atoms with van der Waals surface area (Å²) in [5.41, 5.74) is 0. The fourth-order valence-corrected chi connectivity index (χ4v) is 0.223. The number of halogens is 1. The van der Waals surface area contributed by atoms with Gasteiger partial charge in [0.25, 0.3) is 5.09 Å². The van der Waals surface area contributed by atoms with Crippen molar-refractivity contribution in [2.24, 2.45) is 0 Å². The van der Waals surface area contributed by atoms with E-state index >= 15 is 0 Å². The molecule has 0 fully saturated rings. The second-order valence-electron chi connectivity index (χ2n) is 1.90. The minimum atomic E-state index is -2.91. The van der Waals surface area contributed by atoms with Gasteiger partial charge in [0.05, 0.1) is 4.92 Å². The Balaban J connectivity index is 3.92. The lowest BCUT2D eigenvalue weighted by molar-refractivity contribution is -0.774. The summed E-state index contributed by atoms with van der Waals surface area (Å²) < 4.78 is 12.4. The van der Waals surface area contributed by atoms with E-state index in [1.807, 2.05) is 0 Å². The number of hydrogen-bond acceptors (Lipinski definition) is 5. The highest BCUT2D eigenvalue weighted by Gasteiger charge is 2.38. The number of nitro groups is 1. The van der Waals surface area contributed by atoms with Crippen LogP contribution < -0.4 is 0 Å². The molecule has 0 bridgehead atoms. The smallest absolute Gasteiger partial charge is 0.303 e. The minimum absolute atomic E-state index is 0.580. The zero-order valence-electron chi connectivity index (χ0n) is 5.52. The maximum absolute atomic E-state index is 12.4. The first-order valence-electron chi connectivity index (χ1n) is 2.47. The molecule has 0 aromatic carbocycles. The molecule has 0 saturated carbocycles. The predicted molar refractivity (Wildman–Crippen MR) is 29.5 cm³/mol.